The topological polar surface area (TPSA) is 94.8 Å². The number of Topliss-reactive ketones (excluding diaryl/α,β-unsaturated/α-hetero) is 1. The molecule has 0 amide bonds. The third kappa shape index (κ3) is 6.86. The highest BCUT2D eigenvalue weighted by molar-refractivity contribution is 5.84. The van der Waals surface area contributed by atoms with Gasteiger partial charge in [0.15, 0.2) is 0 Å². The molecule has 0 aromatic carbocycles. The van der Waals surface area contributed by atoms with Crippen molar-refractivity contribution in [3.05, 3.63) is 0 Å². The lowest BCUT2D eigenvalue weighted by molar-refractivity contribution is -0.138. The van der Waals surface area contributed by atoms with Gasteiger partial charge in [-0.15, -0.1) is 0 Å². The van der Waals surface area contributed by atoms with Crippen LogP contribution in [0.2, 0.25) is 0 Å². The summed E-state index contributed by atoms with van der Waals surface area (Å²) in [6, 6.07) is 0. The Balaban J connectivity index is 1.73. The van der Waals surface area contributed by atoms with Gasteiger partial charge in [-0.05, 0) is 57.3 Å². The number of carbonyl (C=O) groups is 2. The Hall–Kier alpha value is -0.940. The lowest BCUT2D eigenvalue weighted by atomic mass is 9.82. The molecule has 0 saturated heterocycles. The zero-order valence-corrected chi connectivity index (χ0v) is 17.0. The molecule has 3 N–H and O–H groups in total. The second-order valence-electron chi connectivity index (χ2n) is 9.23. The molecule has 27 heavy (non-hydrogen) atoms. The molecule has 2 aliphatic rings. The van der Waals surface area contributed by atoms with Crippen LogP contribution in [0.3, 0.4) is 0 Å². The van der Waals surface area contributed by atoms with E-state index in [1.165, 1.54) is 0 Å². The summed E-state index contributed by atoms with van der Waals surface area (Å²) in [6.45, 7) is 4.01. The van der Waals surface area contributed by atoms with Crippen molar-refractivity contribution in [1.29, 1.82) is 0 Å². The average Bonchev–Trinajstić information content (AvgIpc) is 3.31. The normalized spacial score (nSPS) is 32.4. The molecular formula is C22H38O5. The minimum absolute atomic E-state index is 0.0390. The van der Waals surface area contributed by atoms with E-state index in [0.29, 0.717) is 18.8 Å². The van der Waals surface area contributed by atoms with E-state index in [-0.39, 0.29) is 30.0 Å². The van der Waals surface area contributed by atoms with Gasteiger partial charge in [0.25, 0.3) is 0 Å². The second kappa shape index (κ2) is 10.0. The fourth-order valence-electron chi connectivity index (χ4n) is 4.78. The van der Waals surface area contributed by atoms with Gasteiger partial charge in [-0.3, -0.25) is 9.59 Å². The Morgan fingerprint density at radius 2 is 1.81 bits per heavy atom. The monoisotopic (exact) mass is 382 g/mol. The van der Waals surface area contributed by atoms with Crippen LogP contribution in [0.5, 0.6) is 0 Å². The molecule has 0 aromatic heterocycles. The fourth-order valence-corrected chi connectivity index (χ4v) is 4.78. The van der Waals surface area contributed by atoms with Crippen LogP contribution < -0.4 is 0 Å². The van der Waals surface area contributed by atoms with E-state index in [1.807, 2.05) is 6.92 Å². The number of carbonyl (C=O) groups excluding carboxylic acids is 1. The van der Waals surface area contributed by atoms with Gasteiger partial charge in [-0.25, -0.2) is 0 Å². The number of carboxylic acids is 1. The third-order valence-electron chi connectivity index (χ3n) is 6.75. The van der Waals surface area contributed by atoms with E-state index in [4.69, 9.17) is 5.11 Å². The minimum Gasteiger partial charge on any atom is -0.481 e. The van der Waals surface area contributed by atoms with Gasteiger partial charge in [0, 0.05) is 12.3 Å². The van der Waals surface area contributed by atoms with Gasteiger partial charge in [0.2, 0.25) is 0 Å². The molecule has 0 aliphatic heterocycles. The van der Waals surface area contributed by atoms with E-state index in [2.05, 4.69) is 6.92 Å². The number of aliphatic hydroxyl groups excluding tert-OH is 1. The van der Waals surface area contributed by atoms with Crippen molar-refractivity contribution in [2.75, 3.05) is 0 Å². The molecular weight excluding hydrogens is 344 g/mol. The summed E-state index contributed by atoms with van der Waals surface area (Å²) in [5.41, 5.74) is -0.719. The van der Waals surface area contributed by atoms with Crippen LogP contribution in [0.25, 0.3) is 0 Å². The Morgan fingerprint density at radius 3 is 2.44 bits per heavy atom. The third-order valence-corrected chi connectivity index (χ3v) is 6.75. The first kappa shape index (κ1) is 22.4. The summed E-state index contributed by atoms with van der Waals surface area (Å²) in [5, 5.41) is 29.9. The predicted octanol–water partition coefficient (Wildman–Crippen LogP) is 3.95. The summed E-state index contributed by atoms with van der Waals surface area (Å²) < 4.78 is 0. The molecule has 5 heteroatoms. The number of hydrogen-bond acceptors (Lipinski definition) is 4. The molecule has 0 unspecified atom stereocenters. The molecule has 2 aliphatic carbocycles. The van der Waals surface area contributed by atoms with Crippen molar-refractivity contribution >= 4 is 11.8 Å². The van der Waals surface area contributed by atoms with Gasteiger partial charge in [-0.2, -0.15) is 0 Å². The predicted molar refractivity (Wildman–Crippen MR) is 104 cm³/mol. The first-order chi connectivity index (χ1) is 12.7. The van der Waals surface area contributed by atoms with Crippen molar-refractivity contribution in [3.8, 4) is 0 Å². The first-order valence-electron chi connectivity index (χ1n) is 10.9. The summed E-state index contributed by atoms with van der Waals surface area (Å²) in [5.74, 6) is -0.485. The number of unbranched alkanes of at least 4 members (excludes halogenated alkanes) is 3. The quantitative estimate of drug-likeness (QED) is 0.419. The Morgan fingerprint density at radius 1 is 1.11 bits per heavy atom. The molecule has 6 atom stereocenters. The summed E-state index contributed by atoms with van der Waals surface area (Å²) in [6.07, 6.45) is 9.40. The van der Waals surface area contributed by atoms with Crippen molar-refractivity contribution in [3.63, 3.8) is 0 Å². The van der Waals surface area contributed by atoms with Crippen LogP contribution in [0.15, 0.2) is 0 Å². The van der Waals surface area contributed by atoms with Crippen molar-refractivity contribution in [2.45, 2.75) is 103 Å². The molecule has 0 heterocycles. The highest BCUT2D eigenvalue weighted by Crippen LogP contribution is 2.43. The van der Waals surface area contributed by atoms with Gasteiger partial charge < -0.3 is 15.3 Å². The minimum atomic E-state index is -0.719. The number of carboxylic acid groups (broad SMARTS) is 1. The van der Waals surface area contributed by atoms with E-state index in [9.17, 15) is 19.8 Å². The molecule has 2 rings (SSSR count). The molecule has 156 valence electrons. The number of hydrogen-bond donors (Lipinski definition) is 3. The number of ketones is 1. The molecule has 5 nitrogen and oxygen atoms in total. The first-order valence-corrected chi connectivity index (χ1v) is 10.9. The van der Waals surface area contributed by atoms with Gasteiger partial charge in [0.05, 0.1) is 17.6 Å². The SMILES string of the molecule is CCCCC[C@@](C)(O)CC[C@H]1[C@H](O)CC(=O)[C@@H]1CCCC[C@@H]1C[C@H]1C(=O)O. The largest absolute Gasteiger partial charge is 0.481 e. The Kier molecular flexibility index (Phi) is 8.29. The molecule has 0 bridgehead atoms. The lowest BCUT2D eigenvalue weighted by Crippen LogP contribution is -2.28. The van der Waals surface area contributed by atoms with Gasteiger partial charge in [-0.1, -0.05) is 39.0 Å². The van der Waals surface area contributed by atoms with Crippen molar-refractivity contribution in [1.82, 2.24) is 0 Å². The molecule has 0 radical (unpaired) electrons. The maximum atomic E-state index is 12.3. The summed E-state index contributed by atoms with van der Waals surface area (Å²) >= 11 is 0. The number of aliphatic hydroxyl groups is 2. The maximum absolute atomic E-state index is 12.3. The Bertz CT molecular complexity index is 501. The average molecular weight is 383 g/mol. The lowest BCUT2D eigenvalue weighted by Gasteiger charge is -2.28. The molecule has 2 fully saturated rings. The smallest absolute Gasteiger partial charge is 0.306 e. The molecule has 0 aromatic rings. The van der Waals surface area contributed by atoms with Crippen molar-refractivity contribution in [2.24, 2.45) is 23.7 Å². The van der Waals surface area contributed by atoms with Crippen LogP contribution in [0.1, 0.15) is 90.9 Å². The van der Waals surface area contributed by atoms with Crippen molar-refractivity contribution < 1.29 is 24.9 Å². The van der Waals surface area contributed by atoms with E-state index in [0.717, 1.165) is 57.8 Å². The van der Waals surface area contributed by atoms with Crippen LogP contribution in [0, 0.1) is 23.7 Å². The summed E-state index contributed by atoms with van der Waals surface area (Å²) in [4.78, 5) is 23.2. The Labute approximate surface area is 163 Å². The standard InChI is InChI=1S/C22H38O5/c1-3-4-7-11-22(2,27)12-10-17-16(19(23)14-20(17)24)9-6-5-8-15-13-18(15)21(25)26/h15-18,20,24,27H,3-14H2,1-2H3,(H,25,26)/t15-,16-,17-,18-,20-,22-/m1/s1. The fraction of sp³-hybridized carbons (Fsp3) is 0.909. The maximum Gasteiger partial charge on any atom is 0.306 e. The second-order valence-corrected chi connectivity index (χ2v) is 9.23. The highest BCUT2D eigenvalue weighted by Gasteiger charge is 2.43. The van der Waals surface area contributed by atoms with E-state index < -0.39 is 17.7 Å². The number of rotatable bonds is 13. The van der Waals surface area contributed by atoms with Crippen LogP contribution >= 0.6 is 0 Å². The zero-order chi connectivity index (χ0) is 20.0. The van der Waals surface area contributed by atoms with E-state index >= 15 is 0 Å². The van der Waals surface area contributed by atoms with Crippen LogP contribution in [0.4, 0.5) is 0 Å². The molecule has 0 spiro atoms. The number of aliphatic carboxylic acids is 1. The zero-order valence-electron chi connectivity index (χ0n) is 17.0. The highest BCUT2D eigenvalue weighted by atomic mass is 16.4. The van der Waals surface area contributed by atoms with Crippen LogP contribution in [-0.2, 0) is 9.59 Å². The summed E-state index contributed by atoms with van der Waals surface area (Å²) in [7, 11) is 0. The van der Waals surface area contributed by atoms with Gasteiger partial charge >= 0.3 is 5.97 Å². The van der Waals surface area contributed by atoms with Crippen LogP contribution in [-0.4, -0.2) is 38.8 Å². The van der Waals surface area contributed by atoms with Gasteiger partial charge in [0.1, 0.15) is 5.78 Å². The van der Waals surface area contributed by atoms with E-state index in [1.54, 1.807) is 0 Å². The molecule has 2 saturated carbocycles.